The Hall–Kier alpha value is -6.11. The maximum atomic E-state index is 13.8. The number of carboxylic acids is 3. The Balaban J connectivity index is 6.59. The van der Waals surface area contributed by atoms with Gasteiger partial charge in [-0.1, -0.05) is 40.5 Å². The largest absolute Gasteiger partial charge is 0.481 e. The Morgan fingerprint density at radius 3 is 1.61 bits per heavy atom. The summed E-state index contributed by atoms with van der Waals surface area (Å²) in [6.07, 6.45) is -1.35. The smallest absolute Gasteiger partial charge is 0.326 e. The van der Waals surface area contributed by atoms with Gasteiger partial charge in [0.1, 0.15) is 36.3 Å². The van der Waals surface area contributed by atoms with Gasteiger partial charge in [-0.05, 0) is 56.9 Å². The van der Waals surface area contributed by atoms with Crippen molar-refractivity contribution in [2.75, 3.05) is 13.1 Å². The molecule has 0 unspecified atom stereocenters. The summed E-state index contributed by atoms with van der Waals surface area (Å²) in [7, 11) is 0. The van der Waals surface area contributed by atoms with Gasteiger partial charge < -0.3 is 75.9 Å². The van der Waals surface area contributed by atoms with Crippen molar-refractivity contribution >= 4 is 65.2 Å². The molecule has 8 atom stereocenters. The third-order valence-corrected chi connectivity index (χ3v) is 9.33. The van der Waals surface area contributed by atoms with Gasteiger partial charge in [0, 0.05) is 13.0 Å². The van der Waals surface area contributed by atoms with Crippen molar-refractivity contribution in [3.05, 3.63) is 0 Å². The minimum absolute atomic E-state index is 0.0367. The van der Waals surface area contributed by atoms with E-state index in [9.17, 15) is 63.3 Å². The van der Waals surface area contributed by atoms with Crippen molar-refractivity contribution in [3.8, 4) is 0 Å². The maximum absolute atomic E-state index is 13.8. The Morgan fingerprint density at radius 2 is 1.10 bits per heavy atom. The maximum Gasteiger partial charge on any atom is 0.326 e. The number of carboxylic acid groups (broad SMARTS) is 3. The Bertz CT molecular complexity index is 1590. The number of nitrogens with one attached hydrogen (secondary N) is 6. The summed E-state index contributed by atoms with van der Waals surface area (Å²) >= 11 is 0. The first-order valence-corrected chi connectivity index (χ1v) is 20.2. The monoisotopic (exact) mass is 886 g/mol. The number of unbranched alkanes of at least 4 members (excludes halogenated alkanes) is 1. The molecule has 0 aliphatic rings. The summed E-state index contributed by atoms with van der Waals surface area (Å²) in [5.74, 6) is -12.6. The molecule has 0 aromatic heterocycles. The van der Waals surface area contributed by atoms with Gasteiger partial charge in [-0.3, -0.25) is 48.1 Å². The molecule has 0 saturated carbocycles. The summed E-state index contributed by atoms with van der Waals surface area (Å²) in [5.41, 5.74) is 27.3. The van der Waals surface area contributed by atoms with Crippen molar-refractivity contribution in [2.24, 2.45) is 45.5 Å². The average molecular weight is 887 g/mol. The second-order valence-electron chi connectivity index (χ2n) is 15.2. The number of hydrogen-bond acceptors (Lipinski definition) is 13. The number of aliphatic carboxylic acids is 3. The molecule has 25 nitrogen and oxygen atoms in total. The first kappa shape index (κ1) is 55.9. The summed E-state index contributed by atoms with van der Waals surface area (Å²) in [5, 5.41) is 42.7. The van der Waals surface area contributed by atoms with Crippen LogP contribution in [0.4, 0.5) is 0 Å². The third-order valence-electron chi connectivity index (χ3n) is 9.33. The molecular formula is C37H66N12O13. The average Bonchev–Trinajstić information content (AvgIpc) is 3.17. The molecule has 0 radical (unpaired) electrons. The molecule has 7 amide bonds. The van der Waals surface area contributed by atoms with Crippen molar-refractivity contribution < 1.29 is 63.3 Å². The summed E-state index contributed by atoms with van der Waals surface area (Å²) in [6.45, 7) is 6.94. The van der Waals surface area contributed by atoms with Crippen LogP contribution in [0.3, 0.4) is 0 Å². The fourth-order valence-electron chi connectivity index (χ4n) is 5.75. The first-order chi connectivity index (χ1) is 28.9. The van der Waals surface area contributed by atoms with E-state index in [-0.39, 0.29) is 56.9 Å². The molecule has 0 aromatic carbocycles. The SMILES string of the molecule is CC[C@H](C)[C@H](NC(=O)[C@H](CCC(=O)O)NC(=O)[C@@H](N)CCCCN)C(=O)N[C@@H](CC(=O)O)C(=O)N[C@@H](CCCN=C(N)N)C(=O)N[C@@H](CC(C)C)C(=O)N[C@@H](CC(N)=O)C(=O)O. The third kappa shape index (κ3) is 23.0. The highest BCUT2D eigenvalue weighted by Crippen LogP contribution is 2.13. The predicted octanol–water partition coefficient (Wildman–Crippen LogP) is -4.20. The topological polar surface area (TPSA) is 446 Å². The number of carbonyl (C=O) groups is 10. The van der Waals surface area contributed by atoms with Crippen LogP contribution >= 0.6 is 0 Å². The minimum Gasteiger partial charge on any atom is -0.481 e. The summed E-state index contributed by atoms with van der Waals surface area (Å²) < 4.78 is 0. The standard InChI is InChI=1S/C37H66N12O13/c1-5-19(4)29(49-32(57)22(11-12-27(51)52)44-30(55)20(39)9-6-7-13-38)35(60)47-24(17-28(53)54)34(59)45-21(10-8-14-43-37(41)42)31(56)46-23(15-18(2)3)33(58)48-25(36(61)62)16-26(40)50/h18-25,29H,5-17,38-39H2,1-4H3,(H2,40,50)(H,44,55)(H,45,59)(H,46,56)(H,47,60)(H,48,58)(H,49,57)(H,51,52)(H,53,54)(H,61,62)(H4,41,42,43)/t19-,20-,21-,22-,23-,24-,25-,29-/m0/s1. The van der Waals surface area contributed by atoms with Crippen LogP contribution in [0.25, 0.3) is 0 Å². The first-order valence-electron chi connectivity index (χ1n) is 20.2. The number of primary amides is 1. The van der Waals surface area contributed by atoms with Gasteiger partial charge in [0.2, 0.25) is 41.4 Å². The van der Waals surface area contributed by atoms with Crippen molar-refractivity contribution in [1.82, 2.24) is 31.9 Å². The van der Waals surface area contributed by atoms with E-state index < -0.39 is 127 Å². The van der Waals surface area contributed by atoms with Crippen LogP contribution in [-0.4, -0.2) is 136 Å². The predicted molar refractivity (Wildman–Crippen MR) is 222 cm³/mol. The molecule has 0 spiro atoms. The van der Waals surface area contributed by atoms with Gasteiger partial charge >= 0.3 is 17.9 Å². The van der Waals surface area contributed by atoms with E-state index in [1.54, 1.807) is 27.7 Å². The fraction of sp³-hybridized carbons (Fsp3) is 0.703. The van der Waals surface area contributed by atoms with E-state index in [0.717, 1.165) is 0 Å². The highest BCUT2D eigenvalue weighted by atomic mass is 16.4. The van der Waals surface area contributed by atoms with Crippen molar-refractivity contribution in [3.63, 3.8) is 0 Å². The zero-order chi connectivity index (χ0) is 47.7. The van der Waals surface area contributed by atoms with Crippen LogP contribution in [0.5, 0.6) is 0 Å². The highest BCUT2D eigenvalue weighted by Gasteiger charge is 2.36. The van der Waals surface area contributed by atoms with Crippen LogP contribution in [0.2, 0.25) is 0 Å². The quantitative estimate of drug-likeness (QED) is 0.0173. The van der Waals surface area contributed by atoms with E-state index >= 15 is 0 Å². The second-order valence-corrected chi connectivity index (χ2v) is 15.2. The lowest BCUT2D eigenvalue weighted by Gasteiger charge is -2.29. The molecule has 0 bridgehead atoms. The molecule has 0 aliphatic heterocycles. The normalized spacial score (nSPS) is 14.8. The Labute approximate surface area is 359 Å². The van der Waals surface area contributed by atoms with Gasteiger partial charge in [-0.2, -0.15) is 0 Å². The molecule has 0 heterocycles. The molecule has 0 saturated heterocycles. The Morgan fingerprint density at radius 1 is 0.581 bits per heavy atom. The summed E-state index contributed by atoms with van der Waals surface area (Å²) in [4.78, 5) is 131. The van der Waals surface area contributed by atoms with Gasteiger partial charge in [0.05, 0.1) is 18.9 Å². The number of nitrogens with zero attached hydrogens (tertiary/aromatic N) is 1. The van der Waals surface area contributed by atoms with E-state index in [2.05, 4.69) is 36.9 Å². The number of guanidine groups is 1. The molecule has 0 aromatic rings. The molecule has 62 heavy (non-hydrogen) atoms. The molecule has 0 fully saturated rings. The van der Waals surface area contributed by atoms with Crippen LogP contribution in [0, 0.1) is 11.8 Å². The number of hydrogen-bond donors (Lipinski definition) is 14. The van der Waals surface area contributed by atoms with Gasteiger partial charge in [0.15, 0.2) is 5.96 Å². The minimum atomic E-state index is -1.87. The zero-order valence-corrected chi connectivity index (χ0v) is 35.6. The van der Waals surface area contributed by atoms with Crippen LogP contribution in [-0.2, 0) is 47.9 Å². The Kier molecular flexibility index (Phi) is 26.3. The molecule has 352 valence electrons. The lowest BCUT2D eigenvalue weighted by Crippen LogP contribution is -2.61. The number of aliphatic imine (C=N–C) groups is 1. The van der Waals surface area contributed by atoms with E-state index in [4.69, 9.17) is 28.7 Å². The zero-order valence-electron chi connectivity index (χ0n) is 35.6. The van der Waals surface area contributed by atoms with Crippen LogP contribution in [0.15, 0.2) is 4.99 Å². The lowest BCUT2D eigenvalue weighted by atomic mass is 9.96. The van der Waals surface area contributed by atoms with E-state index in [0.29, 0.717) is 19.4 Å². The van der Waals surface area contributed by atoms with E-state index in [1.165, 1.54) is 0 Å². The number of carbonyl (C=O) groups excluding carboxylic acids is 7. The number of rotatable bonds is 32. The van der Waals surface area contributed by atoms with Crippen molar-refractivity contribution in [2.45, 2.75) is 141 Å². The molecule has 19 N–H and O–H groups in total. The van der Waals surface area contributed by atoms with Gasteiger partial charge in [-0.15, -0.1) is 0 Å². The molecule has 0 rings (SSSR count). The summed E-state index contributed by atoms with van der Waals surface area (Å²) in [6, 6.07) is -10.5. The molecular weight excluding hydrogens is 820 g/mol. The molecule has 25 heteroatoms. The van der Waals surface area contributed by atoms with Crippen LogP contribution < -0.4 is 60.6 Å². The second kappa shape index (κ2) is 29.2. The fourth-order valence-corrected chi connectivity index (χ4v) is 5.75. The molecule has 0 aliphatic carbocycles. The number of nitrogens with two attached hydrogens (primary N) is 5. The van der Waals surface area contributed by atoms with Gasteiger partial charge in [0.25, 0.3) is 0 Å². The highest BCUT2D eigenvalue weighted by molar-refractivity contribution is 5.98. The van der Waals surface area contributed by atoms with E-state index in [1.807, 2.05) is 0 Å². The number of amides is 7. The van der Waals surface area contributed by atoms with Crippen molar-refractivity contribution in [1.29, 1.82) is 0 Å². The lowest BCUT2D eigenvalue weighted by molar-refractivity contribution is -0.144. The van der Waals surface area contributed by atoms with Gasteiger partial charge in [-0.25, -0.2) is 4.79 Å². The van der Waals surface area contributed by atoms with Crippen LogP contribution in [0.1, 0.15) is 98.3 Å².